The summed E-state index contributed by atoms with van der Waals surface area (Å²) < 4.78 is 16.5. The lowest BCUT2D eigenvalue weighted by Crippen LogP contribution is -2.26. The van der Waals surface area contributed by atoms with E-state index < -0.39 is 0 Å². The summed E-state index contributed by atoms with van der Waals surface area (Å²) in [6.45, 7) is 3.21. The zero-order valence-corrected chi connectivity index (χ0v) is 15.0. The van der Waals surface area contributed by atoms with Crippen molar-refractivity contribution in [3.8, 4) is 11.5 Å². The van der Waals surface area contributed by atoms with Gasteiger partial charge in [-0.25, -0.2) is 0 Å². The van der Waals surface area contributed by atoms with E-state index in [2.05, 4.69) is 5.32 Å². The molecular weight excluding hydrogens is 306 g/mol. The van der Waals surface area contributed by atoms with E-state index >= 15 is 0 Å². The van der Waals surface area contributed by atoms with E-state index in [1.54, 1.807) is 26.4 Å². The number of ether oxygens (including phenoxy) is 3. The Hall–Kier alpha value is -1.75. The van der Waals surface area contributed by atoms with Crippen molar-refractivity contribution in [2.75, 3.05) is 27.4 Å². The standard InChI is InChI=1S/C19H29NO4/c1-14-17(22-2)12-15(13-18(14)23-3)19(21)20-10-7-11-24-16-8-5-4-6-9-16/h12-13,16H,4-11H2,1-3H3,(H,20,21). The van der Waals surface area contributed by atoms with E-state index in [4.69, 9.17) is 14.2 Å². The molecule has 0 aliphatic heterocycles. The lowest BCUT2D eigenvalue weighted by Gasteiger charge is -2.21. The fourth-order valence-corrected chi connectivity index (χ4v) is 3.08. The molecule has 24 heavy (non-hydrogen) atoms. The molecule has 2 rings (SSSR count). The zero-order chi connectivity index (χ0) is 17.4. The largest absolute Gasteiger partial charge is 0.496 e. The predicted octanol–water partition coefficient (Wildman–Crippen LogP) is 3.48. The van der Waals surface area contributed by atoms with Gasteiger partial charge < -0.3 is 19.5 Å². The molecule has 1 aliphatic rings. The maximum absolute atomic E-state index is 12.3. The van der Waals surface area contributed by atoms with Crippen LogP contribution >= 0.6 is 0 Å². The van der Waals surface area contributed by atoms with Crippen LogP contribution in [-0.4, -0.2) is 39.4 Å². The van der Waals surface area contributed by atoms with Crippen molar-refractivity contribution in [3.05, 3.63) is 23.3 Å². The summed E-state index contributed by atoms with van der Waals surface area (Å²) >= 11 is 0. The number of carbonyl (C=O) groups is 1. The van der Waals surface area contributed by atoms with Crippen LogP contribution < -0.4 is 14.8 Å². The van der Waals surface area contributed by atoms with Gasteiger partial charge in [0, 0.05) is 24.3 Å². The highest BCUT2D eigenvalue weighted by Gasteiger charge is 2.14. The topological polar surface area (TPSA) is 56.8 Å². The summed E-state index contributed by atoms with van der Waals surface area (Å²) in [6, 6.07) is 3.48. The lowest BCUT2D eigenvalue weighted by atomic mass is 9.98. The van der Waals surface area contributed by atoms with Gasteiger partial charge in [0.2, 0.25) is 0 Å². The quantitative estimate of drug-likeness (QED) is 0.739. The maximum atomic E-state index is 12.3. The fourth-order valence-electron chi connectivity index (χ4n) is 3.08. The minimum absolute atomic E-state index is 0.121. The van der Waals surface area contributed by atoms with Gasteiger partial charge >= 0.3 is 0 Å². The van der Waals surface area contributed by atoms with Gasteiger partial charge in [-0.05, 0) is 38.3 Å². The molecule has 0 heterocycles. The monoisotopic (exact) mass is 335 g/mol. The van der Waals surface area contributed by atoms with Crippen LogP contribution in [0.1, 0.15) is 54.4 Å². The Morgan fingerprint density at radius 1 is 1.12 bits per heavy atom. The van der Waals surface area contributed by atoms with Gasteiger partial charge in [-0.15, -0.1) is 0 Å². The molecule has 1 fully saturated rings. The molecule has 1 amide bonds. The summed E-state index contributed by atoms with van der Waals surface area (Å²) in [7, 11) is 3.18. The highest BCUT2D eigenvalue weighted by atomic mass is 16.5. The normalized spacial score (nSPS) is 15.1. The Morgan fingerprint density at radius 3 is 2.33 bits per heavy atom. The van der Waals surface area contributed by atoms with E-state index in [0.29, 0.717) is 36.3 Å². The minimum Gasteiger partial charge on any atom is -0.496 e. The summed E-state index contributed by atoms with van der Waals surface area (Å²) in [4.78, 5) is 12.3. The van der Waals surface area contributed by atoms with Crippen molar-refractivity contribution < 1.29 is 19.0 Å². The SMILES string of the molecule is COc1cc(C(=O)NCCCOC2CCCCC2)cc(OC)c1C. The maximum Gasteiger partial charge on any atom is 0.251 e. The van der Waals surface area contributed by atoms with Gasteiger partial charge in [0.15, 0.2) is 0 Å². The van der Waals surface area contributed by atoms with Gasteiger partial charge in [0.25, 0.3) is 5.91 Å². The molecule has 1 aliphatic carbocycles. The molecule has 1 saturated carbocycles. The van der Waals surface area contributed by atoms with Gasteiger partial charge in [0.1, 0.15) is 11.5 Å². The molecule has 0 bridgehead atoms. The fraction of sp³-hybridized carbons (Fsp3) is 0.632. The van der Waals surface area contributed by atoms with E-state index in [1.807, 2.05) is 6.92 Å². The number of carbonyl (C=O) groups excluding carboxylic acids is 1. The first kappa shape index (κ1) is 18.6. The lowest BCUT2D eigenvalue weighted by molar-refractivity contribution is 0.0273. The first-order chi connectivity index (χ1) is 11.7. The molecule has 0 saturated heterocycles. The second-order valence-electron chi connectivity index (χ2n) is 6.25. The second kappa shape index (κ2) is 9.52. The average molecular weight is 335 g/mol. The van der Waals surface area contributed by atoms with E-state index in [-0.39, 0.29) is 5.91 Å². The summed E-state index contributed by atoms with van der Waals surface area (Å²) in [5.41, 5.74) is 1.43. The van der Waals surface area contributed by atoms with E-state index in [1.165, 1.54) is 32.1 Å². The van der Waals surface area contributed by atoms with Crippen LogP contribution in [0, 0.1) is 6.92 Å². The Kier molecular flexibility index (Phi) is 7.37. The smallest absolute Gasteiger partial charge is 0.251 e. The molecule has 0 radical (unpaired) electrons. The molecular formula is C19H29NO4. The number of hydrogen-bond donors (Lipinski definition) is 1. The molecule has 5 heteroatoms. The molecule has 1 N–H and O–H groups in total. The Labute approximate surface area is 144 Å². The molecule has 1 aromatic rings. The van der Waals surface area contributed by atoms with Crippen LogP contribution in [0.2, 0.25) is 0 Å². The van der Waals surface area contributed by atoms with E-state index in [9.17, 15) is 4.79 Å². The Morgan fingerprint density at radius 2 is 1.75 bits per heavy atom. The molecule has 134 valence electrons. The molecule has 0 spiro atoms. The molecule has 0 atom stereocenters. The van der Waals surface area contributed by atoms with Crippen molar-refractivity contribution in [2.24, 2.45) is 0 Å². The van der Waals surface area contributed by atoms with Crippen LogP contribution in [0.25, 0.3) is 0 Å². The van der Waals surface area contributed by atoms with Crippen LogP contribution in [0.5, 0.6) is 11.5 Å². The number of methoxy groups -OCH3 is 2. The third-order valence-electron chi connectivity index (χ3n) is 4.53. The van der Waals surface area contributed by atoms with Crippen LogP contribution in [0.3, 0.4) is 0 Å². The number of amides is 1. The van der Waals surface area contributed by atoms with Crippen molar-refractivity contribution in [1.82, 2.24) is 5.32 Å². The van der Waals surface area contributed by atoms with Gasteiger partial charge in [0.05, 0.1) is 20.3 Å². The number of nitrogens with one attached hydrogen (secondary N) is 1. The molecule has 0 unspecified atom stereocenters. The minimum atomic E-state index is -0.121. The highest BCUT2D eigenvalue weighted by Crippen LogP contribution is 2.29. The first-order valence-corrected chi connectivity index (χ1v) is 8.78. The number of rotatable bonds is 8. The third kappa shape index (κ3) is 5.13. The van der Waals surface area contributed by atoms with Crippen molar-refractivity contribution in [1.29, 1.82) is 0 Å². The van der Waals surface area contributed by atoms with Crippen molar-refractivity contribution >= 4 is 5.91 Å². The number of benzene rings is 1. The Balaban J connectivity index is 1.77. The molecule has 5 nitrogen and oxygen atoms in total. The van der Waals surface area contributed by atoms with Crippen LogP contribution in [-0.2, 0) is 4.74 Å². The third-order valence-corrected chi connectivity index (χ3v) is 4.53. The van der Waals surface area contributed by atoms with Crippen molar-refractivity contribution in [2.45, 2.75) is 51.6 Å². The summed E-state index contributed by atoms with van der Waals surface area (Å²) in [6.07, 6.45) is 7.48. The van der Waals surface area contributed by atoms with Gasteiger partial charge in [-0.1, -0.05) is 19.3 Å². The van der Waals surface area contributed by atoms with Crippen molar-refractivity contribution in [3.63, 3.8) is 0 Å². The number of hydrogen-bond acceptors (Lipinski definition) is 4. The second-order valence-corrected chi connectivity index (χ2v) is 6.25. The van der Waals surface area contributed by atoms with Gasteiger partial charge in [-0.2, -0.15) is 0 Å². The van der Waals surface area contributed by atoms with E-state index in [0.717, 1.165) is 12.0 Å². The zero-order valence-electron chi connectivity index (χ0n) is 15.0. The van der Waals surface area contributed by atoms with Crippen LogP contribution in [0.4, 0.5) is 0 Å². The summed E-state index contributed by atoms with van der Waals surface area (Å²) in [5, 5.41) is 2.93. The first-order valence-electron chi connectivity index (χ1n) is 8.78. The van der Waals surface area contributed by atoms with Gasteiger partial charge in [-0.3, -0.25) is 4.79 Å². The van der Waals surface area contributed by atoms with Crippen LogP contribution in [0.15, 0.2) is 12.1 Å². The summed E-state index contributed by atoms with van der Waals surface area (Å²) in [5.74, 6) is 1.18. The average Bonchev–Trinajstić information content (AvgIpc) is 2.62. The predicted molar refractivity (Wildman–Crippen MR) is 94.1 cm³/mol. The Bertz CT molecular complexity index is 513. The highest BCUT2D eigenvalue weighted by molar-refractivity contribution is 5.95. The molecule has 1 aromatic carbocycles. The molecule has 0 aromatic heterocycles.